The molecule has 17 heavy (non-hydrogen) atoms. The van der Waals surface area contributed by atoms with Crippen LogP contribution in [0.5, 0.6) is 0 Å². The highest BCUT2D eigenvalue weighted by Gasteiger charge is 2.28. The van der Waals surface area contributed by atoms with Gasteiger partial charge in [0.1, 0.15) is 0 Å². The molecule has 1 unspecified atom stereocenters. The summed E-state index contributed by atoms with van der Waals surface area (Å²) in [6.07, 6.45) is 4.11. The fraction of sp³-hybridized carbons (Fsp3) is 0.778. The van der Waals surface area contributed by atoms with Crippen molar-refractivity contribution in [1.29, 1.82) is 0 Å². The second-order valence-electron chi connectivity index (χ2n) is 4.31. The smallest absolute Gasteiger partial charge is 0.270 e. The number of sulfonamides is 1. The highest BCUT2D eigenvalue weighted by Crippen LogP contribution is 2.34. The van der Waals surface area contributed by atoms with Crippen LogP contribution >= 0.6 is 11.3 Å². The molecule has 0 bridgehead atoms. The van der Waals surface area contributed by atoms with Gasteiger partial charge in [-0.2, -0.15) is 0 Å². The summed E-state index contributed by atoms with van der Waals surface area (Å²) in [5.41, 5.74) is 5.38. The lowest BCUT2D eigenvalue weighted by Gasteiger charge is -2.15. The molecule has 6 nitrogen and oxygen atoms in total. The molecule has 0 spiro atoms. The molecule has 1 fully saturated rings. The SMILES string of the molecule is CCC(CC1CC1)NS(=O)(=O)c1nnc(N)s1. The normalized spacial score (nSPS) is 18.2. The number of rotatable bonds is 6. The van der Waals surface area contributed by atoms with E-state index in [1.807, 2.05) is 6.92 Å². The lowest BCUT2D eigenvalue weighted by atomic mass is 10.1. The van der Waals surface area contributed by atoms with E-state index < -0.39 is 10.0 Å². The number of nitrogens with two attached hydrogens (primary N) is 1. The Bertz CT molecular complexity index is 481. The Hall–Kier alpha value is -0.730. The van der Waals surface area contributed by atoms with E-state index in [4.69, 9.17) is 5.73 Å². The van der Waals surface area contributed by atoms with E-state index in [2.05, 4.69) is 14.9 Å². The van der Waals surface area contributed by atoms with Crippen LogP contribution in [-0.4, -0.2) is 24.7 Å². The second kappa shape index (κ2) is 4.87. The summed E-state index contributed by atoms with van der Waals surface area (Å²) < 4.78 is 26.5. The molecule has 0 radical (unpaired) electrons. The molecule has 0 saturated heterocycles. The van der Waals surface area contributed by atoms with Gasteiger partial charge in [-0.1, -0.05) is 31.1 Å². The van der Waals surface area contributed by atoms with E-state index in [1.54, 1.807) is 0 Å². The van der Waals surface area contributed by atoms with Gasteiger partial charge in [0.2, 0.25) is 9.47 Å². The quantitative estimate of drug-likeness (QED) is 0.807. The molecular weight excluding hydrogens is 260 g/mol. The third kappa shape index (κ3) is 3.36. The van der Waals surface area contributed by atoms with Gasteiger partial charge in [0.05, 0.1) is 0 Å². The molecule has 1 aliphatic rings. The molecule has 1 atom stereocenters. The fourth-order valence-corrected chi connectivity index (χ4v) is 3.79. The second-order valence-corrected chi connectivity index (χ2v) is 7.21. The minimum absolute atomic E-state index is 0.0161. The monoisotopic (exact) mass is 276 g/mol. The maximum absolute atomic E-state index is 12.0. The van der Waals surface area contributed by atoms with Gasteiger partial charge in [0.25, 0.3) is 10.0 Å². The van der Waals surface area contributed by atoms with Crippen LogP contribution in [-0.2, 0) is 10.0 Å². The van der Waals surface area contributed by atoms with Gasteiger partial charge in [-0.25, -0.2) is 13.1 Å². The number of anilines is 1. The average Bonchev–Trinajstić information content (AvgIpc) is 2.96. The lowest BCUT2D eigenvalue weighted by molar-refractivity contribution is 0.494. The Kier molecular flexibility index (Phi) is 3.64. The van der Waals surface area contributed by atoms with Gasteiger partial charge >= 0.3 is 0 Å². The van der Waals surface area contributed by atoms with Crippen LogP contribution in [0.4, 0.5) is 5.13 Å². The molecule has 3 N–H and O–H groups in total. The van der Waals surface area contributed by atoms with Gasteiger partial charge in [-0.3, -0.25) is 0 Å². The molecule has 0 amide bonds. The van der Waals surface area contributed by atoms with E-state index in [0.717, 1.165) is 24.2 Å². The van der Waals surface area contributed by atoms with Crippen LogP contribution in [0.3, 0.4) is 0 Å². The fourth-order valence-electron chi connectivity index (χ4n) is 1.65. The summed E-state index contributed by atoms with van der Waals surface area (Å²) in [6.45, 7) is 1.98. The highest BCUT2D eigenvalue weighted by atomic mass is 32.2. The van der Waals surface area contributed by atoms with E-state index in [-0.39, 0.29) is 15.5 Å². The molecule has 1 aromatic heterocycles. The van der Waals surface area contributed by atoms with Crippen LogP contribution in [0.2, 0.25) is 0 Å². The Morgan fingerprint density at radius 1 is 1.53 bits per heavy atom. The Morgan fingerprint density at radius 2 is 2.24 bits per heavy atom. The molecule has 1 aliphatic carbocycles. The summed E-state index contributed by atoms with van der Waals surface area (Å²) in [7, 11) is -3.55. The summed E-state index contributed by atoms with van der Waals surface area (Å²) in [5.74, 6) is 0.683. The molecule has 1 aromatic rings. The summed E-state index contributed by atoms with van der Waals surface area (Å²) >= 11 is 0.887. The molecule has 1 saturated carbocycles. The molecule has 2 rings (SSSR count). The first-order chi connectivity index (χ1) is 8.01. The number of hydrogen-bond acceptors (Lipinski definition) is 6. The van der Waals surface area contributed by atoms with Crippen LogP contribution in [0, 0.1) is 5.92 Å². The van der Waals surface area contributed by atoms with Gasteiger partial charge in [-0.15, -0.1) is 10.2 Å². The molecule has 0 aromatic carbocycles. The van der Waals surface area contributed by atoms with Crippen LogP contribution in [0.1, 0.15) is 32.6 Å². The highest BCUT2D eigenvalue weighted by molar-refractivity contribution is 7.91. The zero-order valence-electron chi connectivity index (χ0n) is 9.59. The maximum atomic E-state index is 12.0. The number of nitrogens with one attached hydrogen (secondary N) is 1. The van der Waals surface area contributed by atoms with Crippen molar-refractivity contribution < 1.29 is 8.42 Å². The van der Waals surface area contributed by atoms with E-state index in [0.29, 0.717) is 5.92 Å². The predicted octanol–water partition coefficient (Wildman–Crippen LogP) is 0.977. The van der Waals surface area contributed by atoms with Crippen LogP contribution in [0.25, 0.3) is 0 Å². The van der Waals surface area contributed by atoms with Gasteiger partial charge < -0.3 is 5.73 Å². The maximum Gasteiger partial charge on any atom is 0.270 e. The van der Waals surface area contributed by atoms with Gasteiger partial charge in [0, 0.05) is 6.04 Å². The Balaban J connectivity index is 2.04. The predicted molar refractivity (Wildman–Crippen MR) is 66.1 cm³/mol. The van der Waals surface area contributed by atoms with E-state index in [1.165, 1.54) is 12.8 Å². The van der Waals surface area contributed by atoms with Crippen molar-refractivity contribution in [3.8, 4) is 0 Å². The summed E-state index contributed by atoms with van der Waals surface area (Å²) in [4.78, 5) is 0. The van der Waals surface area contributed by atoms with Gasteiger partial charge in [0.15, 0.2) is 0 Å². The summed E-state index contributed by atoms with van der Waals surface area (Å²) in [5, 5.41) is 7.25. The van der Waals surface area contributed by atoms with Crippen LogP contribution < -0.4 is 10.5 Å². The molecule has 1 heterocycles. The minimum atomic E-state index is -3.55. The first-order valence-corrected chi connectivity index (χ1v) is 7.92. The zero-order chi connectivity index (χ0) is 12.5. The average molecular weight is 276 g/mol. The van der Waals surface area contributed by atoms with Crippen molar-refractivity contribution in [1.82, 2.24) is 14.9 Å². The van der Waals surface area contributed by atoms with E-state index >= 15 is 0 Å². The van der Waals surface area contributed by atoms with Crippen molar-refractivity contribution in [2.24, 2.45) is 5.92 Å². The van der Waals surface area contributed by atoms with Crippen molar-refractivity contribution in [3.05, 3.63) is 0 Å². The van der Waals surface area contributed by atoms with Crippen molar-refractivity contribution in [3.63, 3.8) is 0 Å². The van der Waals surface area contributed by atoms with E-state index in [9.17, 15) is 8.42 Å². The molecule has 8 heteroatoms. The Labute approximate surface area is 105 Å². The van der Waals surface area contributed by atoms with Gasteiger partial charge in [-0.05, 0) is 18.8 Å². The number of nitrogens with zero attached hydrogens (tertiary/aromatic N) is 2. The van der Waals surface area contributed by atoms with Crippen molar-refractivity contribution in [2.75, 3.05) is 5.73 Å². The topological polar surface area (TPSA) is 98.0 Å². The van der Waals surface area contributed by atoms with Crippen LogP contribution in [0.15, 0.2) is 4.34 Å². The largest absolute Gasteiger partial charge is 0.374 e. The summed E-state index contributed by atoms with van der Waals surface area (Å²) in [6, 6.07) is -0.0161. The lowest BCUT2D eigenvalue weighted by Crippen LogP contribution is -2.34. The first-order valence-electron chi connectivity index (χ1n) is 5.62. The number of hydrogen-bond donors (Lipinski definition) is 2. The molecule has 96 valence electrons. The molecular formula is C9H16N4O2S2. The standard InChI is InChI=1S/C9H16N4O2S2/c1-2-7(5-6-3-4-6)13-17(14,15)9-12-11-8(10)16-9/h6-7,13H,2-5H2,1H3,(H2,10,11). The van der Waals surface area contributed by atoms with Crippen molar-refractivity contribution in [2.45, 2.75) is 43.0 Å². The third-order valence-electron chi connectivity index (χ3n) is 2.78. The number of nitrogen functional groups attached to an aromatic ring is 1. The zero-order valence-corrected chi connectivity index (χ0v) is 11.2. The Morgan fingerprint density at radius 3 is 2.71 bits per heavy atom. The third-order valence-corrected chi connectivity index (χ3v) is 5.42. The number of aromatic nitrogens is 2. The van der Waals surface area contributed by atoms with Crippen molar-refractivity contribution >= 4 is 26.5 Å². The first kappa shape index (κ1) is 12.7. The molecule has 0 aliphatic heterocycles. The minimum Gasteiger partial charge on any atom is -0.374 e.